The molecule has 1 heterocycles. The number of anilines is 1. The predicted molar refractivity (Wildman–Crippen MR) is 85.9 cm³/mol. The van der Waals surface area contributed by atoms with Crippen molar-refractivity contribution in [1.29, 1.82) is 0 Å². The van der Waals surface area contributed by atoms with Crippen molar-refractivity contribution in [2.75, 3.05) is 5.32 Å². The van der Waals surface area contributed by atoms with Crippen LogP contribution in [0.1, 0.15) is 16.1 Å². The maximum atomic E-state index is 13.1. The van der Waals surface area contributed by atoms with Crippen LogP contribution in [0.2, 0.25) is 0 Å². The highest BCUT2D eigenvalue weighted by Gasteiger charge is 2.07. The highest BCUT2D eigenvalue weighted by molar-refractivity contribution is 6.02. The van der Waals surface area contributed by atoms with Gasteiger partial charge in [0.25, 0.3) is 5.91 Å². The number of aromatic nitrogens is 1. The molecule has 0 aliphatic rings. The van der Waals surface area contributed by atoms with Gasteiger partial charge < -0.3 is 15.0 Å². The van der Waals surface area contributed by atoms with Crippen molar-refractivity contribution in [2.24, 2.45) is 0 Å². The monoisotopic (exact) mass is 310 g/mol. The summed E-state index contributed by atoms with van der Waals surface area (Å²) in [6.45, 7) is 0.256. The third-order valence-electron chi connectivity index (χ3n) is 3.23. The molecule has 0 aliphatic carbocycles. The minimum atomic E-state index is -0.293. The van der Waals surface area contributed by atoms with Crippen molar-refractivity contribution >= 4 is 11.6 Å². The van der Waals surface area contributed by atoms with Crippen LogP contribution in [-0.2, 0) is 6.61 Å². The molecule has 0 atom stereocenters. The van der Waals surface area contributed by atoms with Crippen molar-refractivity contribution in [2.45, 2.75) is 6.61 Å². The number of aromatic amines is 1. The Hall–Kier alpha value is -3.08. The molecule has 5 heteroatoms. The summed E-state index contributed by atoms with van der Waals surface area (Å²) in [4.78, 5) is 14.8. The van der Waals surface area contributed by atoms with Gasteiger partial charge in [0.2, 0.25) is 0 Å². The van der Waals surface area contributed by atoms with Crippen molar-refractivity contribution < 1.29 is 13.9 Å². The first-order valence-corrected chi connectivity index (χ1v) is 7.13. The van der Waals surface area contributed by atoms with Gasteiger partial charge in [-0.1, -0.05) is 18.2 Å². The Morgan fingerprint density at radius 2 is 1.96 bits per heavy atom. The quantitative estimate of drug-likeness (QED) is 0.749. The van der Waals surface area contributed by atoms with Crippen molar-refractivity contribution in [3.05, 3.63) is 83.9 Å². The molecular formula is C18H15FN2O2. The first-order chi connectivity index (χ1) is 11.2. The first-order valence-electron chi connectivity index (χ1n) is 7.13. The van der Waals surface area contributed by atoms with E-state index in [4.69, 9.17) is 4.74 Å². The summed E-state index contributed by atoms with van der Waals surface area (Å²) in [5.74, 6) is 0.0777. The van der Waals surface area contributed by atoms with Crippen LogP contribution in [0.4, 0.5) is 10.1 Å². The second-order valence-electron chi connectivity index (χ2n) is 4.98. The van der Waals surface area contributed by atoms with Gasteiger partial charge in [-0.3, -0.25) is 4.79 Å². The summed E-state index contributed by atoms with van der Waals surface area (Å²) in [7, 11) is 0. The second kappa shape index (κ2) is 6.79. The maximum absolute atomic E-state index is 13.1. The van der Waals surface area contributed by atoms with Crippen LogP contribution < -0.4 is 10.1 Å². The predicted octanol–water partition coefficient (Wildman–Crippen LogP) is 3.99. The molecule has 0 radical (unpaired) electrons. The van der Waals surface area contributed by atoms with Gasteiger partial charge in [-0.15, -0.1) is 0 Å². The van der Waals surface area contributed by atoms with Crippen LogP contribution in [0, 0.1) is 5.82 Å². The van der Waals surface area contributed by atoms with E-state index in [1.165, 1.54) is 12.1 Å². The fourth-order valence-corrected chi connectivity index (χ4v) is 2.13. The molecule has 0 bridgehead atoms. The van der Waals surface area contributed by atoms with Crippen molar-refractivity contribution in [1.82, 2.24) is 4.98 Å². The SMILES string of the molecule is O=C(Nc1cccc(OCc2cccc(F)c2)c1)c1ccc[nH]1. The van der Waals surface area contributed by atoms with Gasteiger partial charge in [0, 0.05) is 18.0 Å². The number of benzene rings is 2. The number of rotatable bonds is 5. The number of carbonyl (C=O) groups excluding carboxylic acids is 1. The summed E-state index contributed by atoms with van der Waals surface area (Å²) in [6, 6.07) is 16.8. The molecule has 3 rings (SSSR count). The third-order valence-corrected chi connectivity index (χ3v) is 3.23. The summed E-state index contributed by atoms with van der Waals surface area (Å²) in [6.07, 6.45) is 1.69. The average molecular weight is 310 g/mol. The fourth-order valence-electron chi connectivity index (χ4n) is 2.13. The number of hydrogen-bond donors (Lipinski definition) is 2. The minimum absolute atomic E-state index is 0.225. The van der Waals surface area contributed by atoms with Crippen LogP contribution in [0.5, 0.6) is 5.75 Å². The van der Waals surface area contributed by atoms with E-state index in [0.29, 0.717) is 17.1 Å². The standard InChI is InChI=1S/C18H15FN2O2/c19-14-5-1-4-13(10-14)12-23-16-7-2-6-15(11-16)21-18(22)17-8-3-9-20-17/h1-11,20H,12H2,(H,21,22). The van der Waals surface area contributed by atoms with E-state index in [2.05, 4.69) is 10.3 Å². The number of ether oxygens (including phenoxy) is 1. The molecule has 2 aromatic carbocycles. The van der Waals surface area contributed by atoms with Gasteiger partial charge in [-0.05, 0) is 42.0 Å². The lowest BCUT2D eigenvalue weighted by Crippen LogP contribution is -2.12. The zero-order valence-electron chi connectivity index (χ0n) is 12.3. The number of amides is 1. The number of halogens is 1. The largest absolute Gasteiger partial charge is 0.489 e. The lowest BCUT2D eigenvalue weighted by atomic mass is 10.2. The molecule has 1 aromatic heterocycles. The zero-order chi connectivity index (χ0) is 16.1. The van der Waals surface area contributed by atoms with E-state index in [-0.39, 0.29) is 18.3 Å². The molecular weight excluding hydrogens is 295 g/mol. The van der Waals surface area contributed by atoms with Crippen LogP contribution in [0.3, 0.4) is 0 Å². The second-order valence-corrected chi connectivity index (χ2v) is 4.98. The molecule has 23 heavy (non-hydrogen) atoms. The number of hydrogen-bond acceptors (Lipinski definition) is 2. The molecule has 1 amide bonds. The molecule has 0 saturated heterocycles. The van der Waals surface area contributed by atoms with E-state index in [1.807, 2.05) is 0 Å². The van der Waals surface area contributed by atoms with Gasteiger partial charge in [0.15, 0.2) is 0 Å². The van der Waals surface area contributed by atoms with E-state index in [9.17, 15) is 9.18 Å². The van der Waals surface area contributed by atoms with Crippen molar-refractivity contribution in [3.63, 3.8) is 0 Å². The van der Waals surface area contributed by atoms with E-state index in [0.717, 1.165) is 5.56 Å². The van der Waals surface area contributed by atoms with Crippen LogP contribution >= 0.6 is 0 Å². The van der Waals surface area contributed by atoms with Crippen LogP contribution in [0.25, 0.3) is 0 Å². The Morgan fingerprint density at radius 3 is 2.74 bits per heavy atom. The Morgan fingerprint density at radius 1 is 1.09 bits per heavy atom. The lowest BCUT2D eigenvalue weighted by molar-refractivity contribution is 0.102. The van der Waals surface area contributed by atoms with Gasteiger partial charge >= 0.3 is 0 Å². The molecule has 4 nitrogen and oxygen atoms in total. The lowest BCUT2D eigenvalue weighted by Gasteiger charge is -2.09. The molecule has 0 aliphatic heterocycles. The van der Waals surface area contributed by atoms with E-state index < -0.39 is 0 Å². The summed E-state index contributed by atoms with van der Waals surface area (Å²) in [5, 5.41) is 2.78. The minimum Gasteiger partial charge on any atom is -0.489 e. The molecule has 2 N–H and O–H groups in total. The zero-order valence-corrected chi connectivity index (χ0v) is 12.3. The summed E-state index contributed by atoms with van der Waals surface area (Å²) < 4.78 is 18.8. The average Bonchev–Trinajstić information content (AvgIpc) is 3.08. The fraction of sp³-hybridized carbons (Fsp3) is 0.0556. The number of H-pyrrole nitrogens is 1. The summed E-state index contributed by atoms with van der Waals surface area (Å²) in [5.41, 5.74) is 1.85. The number of carbonyl (C=O) groups is 1. The highest BCUT2D eigenvalue weighted by Crippen LogP contribution is 2.19. The van der Waals surface area contributed by atoms with Gasteiger partial charge in [0.05, 0.1) is 0 Å². The van der Waals surface area contributed by atoms with Gasteiger partial charge in [-0.2, -0.15) is 0 Å². The molecule has 116 valence electrons. The highest BCUT2D eigenvalue weighted by atomic mass is 19.1. The Labute approximate surface area is 132 Å². The Balaban J connectivity index is 1.64. The number of nitrogens with one attached hydrogen (secondary N) is 2. The molecule has 0 unspecified atom stereocenters. The van der Waals surface area contributed by atoms with Crippen molar-refractivity contribution in [3.8, 4) is 5.75 Å². The molecule has 0 fully saturated rings. The van der Waals surface area contributed by atoms with Gasteiger partial charge in [0.1, 0.15) is 23.9 Å². The summed E-state index contributed by atoms with van der Waals surface area (Å²) >= 11 is 0. The normalized spacial score (nSPS) is 10.3. The van der Waals surface area contributed by atoms with Crippen LogP contribution in [-0.4, -0.2) is 10.9 Å². The maximum Gasteiger partial charge on any atom is 0.272 e. The van der Waals surface area contributed by atoms with Gasteiger partial charge in [-0.25, -0.2) is 4.39 Å². The molecule has 0 saturated carbocycles. The first kappa shape index (κ1) is 14.8. The van der Waals surface area contributed by atoms with E-state index >= 15 is 0 Å². The molecule has 0 spiro atoms. The third kappa shape index (κ3) is 3.97. The Kier molecular flexibility index (Phi) is 4.38. The smallest absolute Gasteiger partial charge is 0.272 e. The van der Waals surface area contributed by atoms with Crippen LogP contribution in [0.15, 0.2) is 66.9 Å². The topological polar surface area (TPSA) is 54.1 Å². The Bertz CT molecular complexity index is 800. The van der Waals surface area contributed by atoms with E-state index in [1.54, 1.807) is 54.7 Å². The molecule has 3 aromatic rings.